The van der Waals surface area contributed by atoms with Gasteiger partial charge in [0.2, 0.25) is 0 Å². The SMILES string of the molecule is CCNC(=NCc1ccc(-n2ccnc2C)nc1)N(C)CCOc1ccccc1.I. The number of aryl methyl sites for hydroxylation is 1. The summed E-state index contributed by atoms with van der Waals surface area (Å²) in [5.74, 6) is 3.49. The fraction of sp³-hybridized carbons (Fsp3) is 0.318. The topological polar surface area (TPSA) is 67.6 Å². The molecule has 0 spiro atoms. The maximum absolute atomic E-state index is 5.78. The van der Waals surface area contributed by atoms with Gasteiger partial charge < -0.3 is 15.0 Å². The van der Waals surface area contributed by atoms with Gasteiger partial charge in [-0.2, -0.15) is 0 Å². The normalized spacial score (nSPS) is 11.0. The number of hydrogen-bond acceptors (Lipinski definition) is 4. The van der Waals surface area contributed by atoms with E-state index in [4.69, 9.17) is 9.73 Å². The van der Waals surface area contributed by atoms with Crippen molar-refractivity contribution < 1.29 is 4.74 Å². The van der Waals surface area contributed by atoms with Crippen LogP contribution in [0.3, 0.4) is 0 Å². The lowest BCUT2D eigenvalue weighted by atomic mass is 10.3. The molecule has 8 heteroatoms. The van der Waals surface area contributed by atoms with Crippen LogP contribution in [-0.4, -0.2) is 52.1 Å². The summed E-state index contributed by atoms with van der Waals surface area (Å²) in [7, 11) is 2.01. The minimum absolute atomic E-state index is 0. The van der Waals surface area contributed by atoms with Crippen molar-refractivity contribution in [1.29, 1.82) is 0 Å². The van der Waals surface area contributed by atoms with Gasteiger partial charge in [0.1, 0.15) is 24.0 Å². The summed E-state index contributed by atoms with van der Waals surface area (Å²) >= 11 is 0. The first-order valence-electron chi connectivity index (χ1n) is 9.80. The number of nitrogens with one attached hydrogen (secondary N) is 1. The van der Waals surface area contributed by atoms with Gasteiger partial charge in [0.05, 0.1) is 13.1 Å². The number of pyridine rings is 1. The van der Waals surface area contributed by atoms with Gasteiger partial charge in [0, 0.05) is 32.2 Å². The molecule has 0 aliphatic heterocycles. The zero-order valence-electron chi connectivity index (χ0n) is 17.7. The molecule has 0 aliphatic carbocycles. The number of rotatable bonds is 8. The van der Waals surface area contributed by atoms with Crippen LogP contribution in [0.1, 0.15) is 18.3 Å². The molecule has 160 valence electrons. The third kappa shape index (κ3) is 6.72. The standard InChI is InChI=1S/C22H28N6O.HI/c1-4-23-22(27(3)14-15-29-20-8-6-5-7-9-20)26-17-19-10-11-21(25-16-19)28-13-12-24-18(28)2;/h5-13,16H,4,14-15,17H2,1-3H3,(H,23,26);1H. The van der Waals surface area contributed by atoms with Gasteiger partial charge in [-0.25, -0.2) is 15.0 Å². The molecule has 7 nitrogen and oxygen atoms in total. The Labute approximate surface area is 195 Å². The van der Waals surface area contributed by atoms with Crippen LogP contribution in [0.4, 0.5) is 0 Å². The molecule has 0 radical (unpaired) electrons. The highest BCUT2D eigenvalue weighted by atomic mass is 127. The molecule has 0 bridgehead atoms. The molecular formula is C22H29IN6O. The Bertz CT molecular complexity index is 911. The minimum Gasteiger partial charge on any atom is -0.492 e. The third-order valence-corrected chi connectivity index (χ3v) is 4.43. The predicted octanol–water partition coefficient (Wildman–Crippen LogP) is 3.67. The van der Waals surface area contributed by atoms with E-state index in [1.807, 2.05) is 73.4 Å². The van der Waals surface area contributed by atoms with E-state index in [1.54, 1.807) is 6.20 Å². The van der Waals surface area contributed by atoms with Crippen LogP contribution in [0.15, 0.2) is 66.0 Å². The van der Waals surface area contributed by atoms with E-state index in [0.29, 0.717) is 13.2 Å². The molecule has 30 heavy (non-hydrogen) atoms. The summed E-state index contributed by atoms with van der Waals surface area (Å²) in [6.45, 7) is 6.71. The highest BCUT2D eigenvalue weighted by Crippen LogP contribution is 2.10. The van der Waals surface area contributed by atoms with Crippen molar-refractivity contribution in [2.45, 2.75) is 20.4 Å². The summed E-state index contributed by atoms with van der Waals surface area (Å²) in [5, 5.41) is 3.33. The monoisotopic (exact) mass is 520 g/mol. The lowest BCUT2D eigenvalue weighted by Gasteiger charge is -2.22. The number of aromatic nitrogens is 3. The smallest absolute Gasteiger partial charge is 0.194 e. The molecule has 2 aromatic heterocycles. The second kappa shape index (κ2) is 12.2. The van der Waals surface area contributed by atoms with Crippen molar-refractivity contribution in [3.63, 3.8) is 0 Å². The molecular weight excluding hydrogens is 491 g/mol. The molecule has 3 aromatic rings. The first-order chi connectivity index (χ1) is 14.2. The lowest BCUT2D eigenvalue weighted by molar-refractivity contribution is 0.281. The highest BCUT2D eigenvalue weighted by molar-refractivity contribution is 14.0. The Hall–Kier alpha value is -2.62. The average molecular weight is 520 g/mol. The van der Waals surface area contributed by atoms with Gasteiger partial charge in [-0.15, -0.1) is 24.0 Å². The van der Waals surface area contributed by atoms with Gasteiger partial charge in [-0.1, -0.05) is 24.3 Å². The van der Waals surface area contributed by atoms with Crippen LogP contribution in [0, 0.1) is 6.92 Å². The van der Waals surface area contributed by atoms with Crippen molar-refractivity contribution in [3.8, 4) is 11.6 Å². The zero-order valence-corrected chi connectivity index (χ0v) is 20.0. The fourth-order valence-corrected chi connectivity index (χ4v) is 2.83. The Morgan fingerprint density at radius 3 is 2.60 bits per heavy atom. The molecule has 0 amide bonds. The predicted molar refractivity (Wildman–Crippen MR) is 131 cm³/mol. The molecule has 0 saturated heterocycles. The fourth-order valence-electron chi connectivity index (χ4n) is 2.83. The molecule has 1 N–H and O–H groups in total. The van der Waals surface area contributed by atoms with Gasteiger partial charge in [0.25, 0.3) is 0 Å². The molecule has 0 fully saturated rings. The molecule has 0 saturated carbocycles. The van der Waals surface area contributed by atoms with E-state index >= 15 is 0 Å². The van der Waals surface area contributed by atoms with Crippen LogP contribution in [0.2, 0.25) is 0 Å². The Morgan fingerprint density at radius 2 is 1.97 bits per heavy atom. The van der Waals surface area contributed by atoms with Crippen molar-refractivity contribution >= 4 is 29.9 Å². The average Bonchev–Trinajstić information content (AvgIpc) is 3.18. The molecule has 0 atom stereocenters. The number of aliphatic imine (C=N–C) groups is 1. The van der Waals surface area contributed by atoms with Crippen LogP contribution >= 0.6 is 24.0 Å². The van der Waals surface area contributed by atoms with Gasteiger partial charge >= 0.3 is 0 Å². The van der Waals surface area contributed by atoms with E-state index in [1.165, 1.54) is 0 Å². The summed E-state index contributed by atoms with van der Waals surface area (Å²) in [6.07, 6.45) is 5.54. The number of imidazole rings is 1. The van der Waals surface area contributed by atoms with Crippen LogP contribution < -0.4 is 10.1 Å². The van der Waals surface area contributed by atoms with Gasteiger partial charge in [-0.3, -0.25) is 4.57 Å². The van der Waals surface area contributed by atoms with Crippen LogP contribution in [-0.2, 0) is 6.54 Å². The van der Waals surface area contributed by atoms with Crippen molar-refractivity contribution in [2.24, 2.45) is 4.99 Å². The van der Waals surface area contributed by atoms with Gasteiger partial charge in [-0.05, 0) is 37.6 Å². The Morgan fingerprint density at radius 1 is 1.17 bits per heavy atom. The molecule has 0 unspecified atom stereocenters. The number of nitrogens with zero attached hydrogens (tertiary/aromatic N) is 5. The van der Waals surface area contributed by atoms with E-state index < -0.39 is 0 Å². The van der Waals surface area contributed by atoms with Crippen molar-refractivity contribution in [1.82, 2.24) is 24.8 Å². The third-order valence-electron chi connectivity index (χ3n) is 4.43. The largest absolute Gasteiger partial charge is 0.492 e. The maximum Gasteiger partial charge on any atom is 0.194 e. The van der Waals surface area contributed by atoms with E-state index in [-0.39, 0.29) is 24.0 Å². The van der Waals surface area contributed by atoms with Gasteiger partial charge in [0.15, 0.2) is 5.96 Å². The molecule has 0 aliphatic rings. The van der Waals surface area contributed by atoms with Crippen molar-refractivity contribution in [3.05, 3.63) is 72.4 Å². The Balaban J connectivity index is 0.00000320. The summed E-state index contributed by atoms with van der Waals surface area (Å²) < 4.78 is 7.74. The highest BCUT2D eigenvalue weighted by Gasteiger charge is 2.07. The van der Waals surface area contributed by atoms with E-state index in [2.05, 4.69) is 27.1 Å². The zero-order chi connectivity index (χ0) is 20.5. The number of ether oxygens (including phenoxy) is 1. The molecule has 2 heterocycles. The van der Waals surface area contributed by atoms with Crippen LogP contribution in [0.25, 0.3) is 5.82 Å². The number of benzene rings is 1. The van der Waals surface area contributed by atoms with Crippen molar-refractivity contribution in [2.75, 3.05) is 26.7 Å². The Kier molecular flexibility index (Phi) is 9.59. The number of halogens is 1. The second-order valence-electron chi connectivity index (χ2n) is 6.62. The molecule has 1 aromatic carbocycles. The van der Waals surface area contributed by atoms with E-state index in [0.717, 1.165) is 42.0 Å². The van der Waals surface area contributed by atoms with E-state index in [9.17, 15) is 0 Å². The first kappa shape index (κ1) is 23.7. The summed E-state index contributed by atoms with van der Waals surface area (Å²) in [6, 6.07) is 13.9. The maximum atomic E-state index is 5.78. The summed E-state index contributed by atoms with van der Waals surface area (Å²) in [4.78, 5) is 15.6. The van der Waals surface area contributed by atoms with Crippen LogP contribution in [0.5, 0.6) is 5.75 Å². The number of likely N-dealkylation sites (N-methyl/N-ethyl adjacent to an activating group) is 1. The number of hydrogen-bond donors (Lipinski definition) is 1. The summed E-state index contributed by atoms with van der Waals surface area (Å²) in [5.41, 5.74) is 1.05. The second-order valence-corrected chi connectivity index (χ2v) is 6.62. The number of guanidine groups is 1. The first-order valence-corrected chi connectivity index (χ1v) is 9.80. The lowest BCUT2D eigenvalue weighted by Crippen LogP contribution is -2.40. The molecule has 3 rings (SSSR count). The number of para-hydroxylation sites is 1. The minimum atomic E-state index is 0. The quantitative estimate of drug-likeness (QED) is 0.279.